The molecule has 1 heterocycles. The zero-order valence-electron chi connectivity index (χ0n) is 15.4. The predicted molar refractivity (Wildman–Crippen MR) is 102 cm³/mol. The number of nitrogens with one attached hydrogen (secondary N) is 1. The van der Waals surface area contributed by atoms with Crippen molar-refractivity contribution in [3.8, 4) is 0 Å². The zero-order chi connectivity index (χ0) is 18.7. The van der Waals surface area contributed by atoms with Crippen LogP contribution >= 0.6 is 0 Å². The number of aryl methyl sites for hydroxylation is 1. The van der Waals surface area contributed by atoms with Gasteiger partial charge in [0.15, 0.2) is 0 Å². The SMILES string of the molecule is CN(C)[C@@H](CNC(=O)Cc1ccc(F)cc1)c1cn(C)c2ccccc12. The standard InChI is InChI=1S/C21H24FN3O/c1-24(2)20(18-14-25(3)19-7-5-4-6-17(18)19)13-23-21(26)12-15-8-10-16(22)11-9-15/h4-11,14,20H,12-13H2,1-3H3,(H,23,26)/t20-/m0/s1. The van der Waals surface area contributed by atoms with Gasteiger partial charge in [-0.3, -0.25) is 4.79 Å². The first-order valence-electron chi connectivity index (χ1n) is 8.67. The average Bonchev–Trinajstić information content (AvgIpc) is 2.94. The summed E-state index contributed by atoms with van der Waals surface area (Å²) in [5.41, 5.74) is 3.16. The van der Waals surface area contributed by atoms with E-state index < -0.39 is 0 Å². The van der Waals surface area contributed by atoms with Crippen LogP contribution in [0.1, 0.15) is 17.2 Å². The molecule has 0 unspecified atom stereocenters. The van der Waals surface area contributed by atoms with Gasteiger partial charge in [-0.05, 0) is 43.4 Å². The minimum Gasteiger partial charge on any atom is -0.354 e. The van der Waals surface area contributed by atoms with E-state index in [2.05, 4.69) is 33.1 Å². The molecule has 5 heteroatoms. The molecule has 0 spiro atoms. The van der Waals surface area contributed by atoms with Crippen molar-refractivity contribution in [3.05, 3.63) is 71.7 Å². The summed E-state index contributed by atoms with van der Waals surface area (Å²) in [7, 11) is 6.06. The van der Waals surface area contributed by atoms with E-state index in [1.54, 1.807) is 12.1 Å². The van der Waals surface area contributed by atoms with Crippen LogP contribution in [0.15, 0.2) is 54.7 Å². The number of amides is 1. The van der Waals surface area contributed by atoms with E-state index in [0.29, 0.717) is 6.54 Å². The molecule has 0 saturated carbocycles. The predicted octanol–water partition coefficient (Wildman–Crippen LogP) is 3.28. The van der Waals surface area contributed by atoms with E-state index in [-0.39, 0.29) is 24.2 Å². The molecule has 0 saturated heterocycles. The topological polar surface area (TPSA) is 37.3 Å². The lowest BCUT2D eigenvalue weighted by Crippen LogP contribution is -2.35. The largest absolute Gasteiger partial charge is 0.354 e. The van der Waals surface area contributed by atoms with E-state index in [1.807, 2.05) is 33.3 Å². The molecular weight excluding hydrogens is 329 g/mol. The number of rotatable bonds is 6. The molecule has 1 atom stereocenters. The number of benzene rings is 2. The number of para-hydroxylation sites is 1. The van der Waals surface area contributed by atoms with E-state index in [4.69, 9.17) is 0 Å². The van der Waals surface area contributed by atoms with E-state index in [1.165, 1.54) is 28.6 Å². The van der Waals surface area contributed by atoms with Gasteiger partial charge in [0.25, 0.3) is 0 Å². The molecule has 0 aliphatic rings. The number of halogens is 1. The number of nitrogens with zero attached hydrogens (tertiary/aromatic N) is 2. The molecule has 1 N–H and O–H groups in total. The Balaban J connectivity index is 1.72. The normalized spacial score (nSPS) is 12.5. The van der Waals surface area contributed by atoms with Crippen molar-refractivity contribution in [2.45, 2.75) is 12.5 Å². The van der Waals surface area contributed by atoms with Crippen molar-refractivity contribution in [1.82, 2.24) is 14.8 Å². The Morgan fingerprint density at radius 1 is 1.15 bits per heavy atom. The molecule has 2 aromatic carbocycles. The van der Waals surface area contributed by atoms with Crippen LogP contribution in [0.4, 0.5) is 4.39 Å². The third kappa shape index (κ3) is 3.94. The van der Waals surface area contributed by atoms with Crippen LogP contribution in [0.5, 0.6) is 0 Å². The van der Waals surface area contributed by atoms with Crippen molar-refractivity contribution in [2.24, 2.45) is 7.05 Å². The van der Waals surface area contributed by atoms with E-state index in [0.717, 1.165) is 5.56 Å². The van der Waals surface area contributed by atoms with Crippen LogP contribution < -0.4 is 5.32 Å². The second kappa shape index (κ2) is 7.70. The molecule has 4 nitrogen and oxygen atoms in total. The van der Waals surface area contributed by atoms with Gasteiger partial charge in [0.1, 0.15) is 5.82 Å². The number of aromatic nitrogens is 1. The highest BCUT2D eigenvalue weighted by Crippen LogP contribution is 2.28. The summed E-state index contributed by atoms with van der Waals surface area (Å²) in [6.07, 6.45) is 2.37. The maximum Gasteiger partial charge on any atom is 0.224 e. The van der Waals surface area contributed by atoms with Crippen molar-refractivity contribution >= 4 is 16.8 Å². The number of hydrogen-bond acceptors (Lipinski definition) is 2. The van der Waals surface area contributed by atoms with E-state index >= 15 is 0 Å². The Kier molecular flexibility index (Phi) is 5.38. The fourth-order valence-corrected chi connectivity index (χ4v) is 3.27. The first kappa shape index (κ1) is 18.1. The average molecular weight is 353 g/mol. The monoisotopic (exact) mass is 353 g/mol. The number of carbonyl (C=O) groups is 1. The molecule has 1 amide bonds. The second-order valence-corrected chi connectivity index (χ2v) is 6.80. The fraction of sp³-hybridized carbons (Fsp3) is 0.286. The van der Waals surface area contributed by atoms with Gasteiger partial charge in [-0.15, -0.1) is 0 Å². The summed E-state index contributed by atoms with van der Waals surface area (Å²) in [5, 5.41) is 4.21. The maximum absolute atomic E-state index is 13.0. The molecule has 0 radical (unpaired) electrons. The lowest BCUT2D eigenvalue weighted by atomic mass is 10.0. The Morgan fingerprint density at radius 2 is 1.85 bits per heavy atom. The van der Waals surface area contributed by atoms with Crippen LogP contribution in [0.3, 0.4) is 0 Å². The first-order valence-corrected chi connectivity index (χ1v) is 8.67. The summed E-state index contributed by atoms with van der Waals surface area (Å²) in [6, 6.07) is 14.4. The Labute approximate surface area is 153 Å². The number of fused-ring (bicyclic) bond motifs is 1. The molecule has 0 fully saturated rings. The van der Waals surface area contributed by atoms with Gasteiger partial charge in [0.05, 0.1) is 12.5 Å². The van der Waals surface area contributed by atoms with Gasteiger partial charge in [-0.2, -0.15) is 0 Å². The highest BCUT2D eigenvalue weighted by atomic mass is 19.1. The van der Waals surface area contributed by atoms with Gasteiger partial charge < -0.3 is 14.8 Å². The van der Waals surface area contributed by atoms with Crippen LogP contribution in [-0.2, 0) is 18.3 Å². The highest BCUT2D eigenvalue weighted by molar-refractivity contribution is 5.84. The molecule has 3 rings (SSSR count). The van der Waals surface area contributed by atoms with Gasteiger partial charge in [0, 0.05) is 30.7 Å². The first-order chi connectivity index (χ1) is 12.5. The summed E-state index contributed by atoms with van der Waals surface area (Å²) in [5.74, 6) is -0.360. The Morgan fingerprint density at radius 3 is 2.54 bits per heavy atom. The number of hydrogen-bond donors (Lipinski definition) is 1. The van der Waals surface area contributed by atoms with Gasteiger partial charge in [0.2, 0.25) is 5.91 Å². The van der Waals surface area contributed by atoms with Crippen molar-refractivity contribution < 1.29 is 9.18 Å². The zero-order valence-corrected chi connectivity index (χ0v) is 15.4. The van der Waals surface area contributed by atoms with Crippen molar-refractivity contribution in [2.75, 3.05) is 20.6 Å². The maximum atomic E-state index is 13.0. The quantitative estimate of drug-likeness (QED) is 0.738. The third-order valence-corrected chi connectivity index (χ3v) is 4.68. The van der Waals surface area contributed by atoms with E-state index in [9.17, 15) is 9.18 Å². The Bertz CT molecular complexity index is 899. The smallest absolute Gasteiger partial charge is 0.224 e. The second-order valence-electron chi connectivity index (χ2n) is 6.80. The summed E-state index contributed by atoms with van der Waals surface area (Å²) >= 11 is 0. The molecule has 26 heavy (non-hydrogen) atoms. The van der Waals surface area contributed by atoms with Crippen molar-refractivity contribution in [1.29, 1.82) is 0 Å². The van der Waals surface area contributed by atoms with Crippen molar-refractivity contribution in [3.63, 3.8) is 0 Å². The molecular formula is C21H24FN3O. The summed E-state index contributed by atoms with van der Waals surface area (Å²) in [6.45, 7) is 0.515. The minimum absolute atomic E-state index is 0.0660. The van der Waals surface area contributed by atoms with Crippen LogP contribution in [-0.4, -0.2) is 36.0 Å². The third-order valence-electron chi connectivity index (χ3n) is 4.68. The molecule has 0 aliphatic heterocycles. The molecule has 1 aromatic heterocycles. The van der Waals surface area contributed by atoms with Crippen LogP contribution in [0.25, 0.3) is 10.9 Å². The van der Waals surface area contributed by atoms with Gasteiger partial charge in [-0.1, -0.05) is 30.3 Å². The molecule has 3 aromatic rings. The van der Waals surface area contributed by atoms with Gasteiger partial charge in [-0.25, -0.2) is 4.39 Å². The molecule has 136 valence electrons. The minimum atomic E-state index is -0.294. The van der Waals surface area contributed by atoms with Crippen LogP contribution in [0, 0.1) is 5.82 Å². The summed E-state index contributed by atoms with van der Waals surface area (Å²) < 4.78 is 15.1. The Hall–Kier alpha value is -2.66. The molecule has 0 aliphatic carbocycles. The fourth-order valence-electron chi connectivity index (χ4n) is 3.27. The lowest BCUT2D eigenvalue weighted by Gasteiger charge is -2.24. The molecule has 0 bridgehead atoms. The van der Waals surface area contributed by atoms with Crippen LogP contribution in [0.2, 0.25) is 0 Å². The highest BCUT2D eigenvalue weighted by Gasteiger charge is 2.20. The lowest BCUT2D eigenvalue weighted by molar-refractivity contribution is -0.120. The summed E-state index contributed by atoms with van der Waals surface area (Å²) in [4.78, 5) is 14.4. The number of likely N-dealkylation sites (N-methyl/N-ethyl adjacent to an activating group) is 1. The number of carbonyl (C=O) groups excluding carboxylic acids is 1. The van der Waals surface area contributed by atoms with Gasteiger partial charge >= 0.3 is 0 Å².